The summed E-state index contributed by atoms with van der Waals surface area (Å²) in [5, 5.41) is 3.70. The molecule has 2 fully saturated rings. The Morgan fingerprint density at radius 2 is 2.00 bits per heavy atom. The Bertz CT molecular complexity index is 247. The van der Waals surface area contributed by atoms with Gasteiger partial charge >= 0.3 is 0 Å². The van der Waals surface area contributed by atoms with Crippen LogP contribution in [0, 0.1) is 5.41 Å². The summed E-state index contributed by atoms with van der Waals surface area (Å²) in [6, 6.07) is 0.682. The summed E-state index contributed by atoms with van der Waals surface area (Å²) < 4.78 is 6.29. The summed E-state index contributed by atoms with van der Waals surface area (Å²) in [7, 11) is 0. The van der Waals surface area contributed by atoms with Crippen LogP contribution < -0.4 is 5.32 Å². The molecule has 1 saturated heterocycles. The normalized spacial score (nSPS) is 37.2. The van der Waals surface area contributed by atoms with Crippen molar-refractivity contribution in [3.8, 4) is 0 Å². The van der Waals surface area contributed by atoms with Crippen LogP contribution in [0.2, 0.25) is 0 Å². The molecular formula is C15H29NO. The maximum atomic E-state index is 6.29. The summed E-state index contributed by atoms with van der Waals surface area (Å²) in [6.45, 7) is 9.17. The van der Waals surface area contributed by atoms with Crippen LogP contribution >= 0.6 is 0 Å². The predicted octanol–water partition coefficient (Wildman–Crippen LogP) is 3.50. The lowest BCUT2D eigenvalue weighted by atomic mass is 9.62. The Labute approximate surface area is 107 Å². The van der Waals surface area contributed by atoms with Crippen LogP contribution in [0.15, 0.2) is 0 Å². The molecule has 1 heterocycles. The van der Waals surface area contributed by atoms with Crippen molar-refractivity contribution in [3.63, 3.8) is 0 Å². The predicted molar refractivity (Wildman–Crippen MR) is 72.2 cm³/mol. The molecule has 0 aromatic heterocycles. The molecule has 100 valence electrons. The number of nitrogens with one attached hydrogen (secondary N) is 1. The largest absolute Gasteiger partial charge is 0.374 e. The summed E-state index contributed by atoms with van der Waals surface area (Å²) in [5.41, 5.74) is 0.521. The molecule has 1 aliphatic heterocycles. The fourth-order valence-electron chi connectivity index (χ4n) is 3.67. The van der Waals surface area contributed by atoms with Crippen molar-refractivity contribution in [2.45, 2.75) is 77.4 Å². The van der Waals surface area contributed by atoms with E-state index in [0.29, 0.717) is 11.5 Å². The number of rotatable bonds is 3. The number of ether oxygens (including phenoxy) is 1. The van der Waals surface area contributed by atoms with Gasteiger partial charge in [0.05, 0.1) is 5.60 Å². The third-order valence-electron chi connectivity index (χ3n) is 4.97. The monoisotopic (exact) mass is 239 g/mol. The first-order valence-electron chi connectivity index (χ1n) is 7.47. The molecule has 1 spiro atoms. The second-order valence-electron chi connectivity index (χ2n) is 6.58. The molecule has 1 N–H and O–H groups in total. The van der Waals surface area contributed by atoms with E-state index in [2.05, 4.69) is 26.1 Å². The molecule has 2 unspecified atom stereocenters. The van der Waals surface area contributed by atoms with E-state index in [1.807, 2.05) is 0 Å². The van der Waals surface area contributed by atoms with Gasteiger partial charge in [0.25, 0.3) is 0 Å². The summed E-state index contributed by atoms with van der Waals surface area (Å²) in [5.74, 6) is 0. The third-order valence-corrected chi connectivity index (χ3v) is 4.97. The summed E-state index contributed by atoms with van der Waals surface area (Å²) in [4.78, 5) is 0. The van der Waals surface area contributed by atoms with E-state index in [0.717, 1.165) is 13.2 Å². The van der Waals surface area contributed by atoms with Gasteiger partial charge in [0, 0.05) is 12.6 Å². The van der Waals surface area contributed by atoms with Crippen molar-refractivity contribution in [1.82, 2.24) is 5.32 Å². The quantitative estimate of drug-likeness (QED) is 0.814. The van der Waals surface area contributed by atoms with Crippen LogP contribution in [-0.2, 0) is 4.74 Å². The van der Waals surface area contributed by atoms with E-state index in [9.17, 15) is 0 Å². The Balaban J connectivity index is 2.03. The second kappa shape index (κ2) is 5.27. The van der Waals surface area contributed by atoms with Gasteiger partial charge < -0.3 is 10.1 Å². The molecule has 2 atom stereocenters. The molecule has 2 nitrogen and oxygen atoms in total. The molecule has 17 heavy (non-hydrogen) atoms. The smallest absolute Gasteiger partial charge is 0.0748 e. The zero-order valence-electron chi connectivity index (χ0n) is 11.8. The summed E-state index contributed by atoms with van der Waals surface area (Å²) >= 11 is 0. The average Bonchev–Trinajstić information content (AvgIpc) is 2.31. The first kappa shape index (κ1) is 13.4. The topological polar surface area (TPSA) is 21.3 Å². The van der Waals surface area contributed by atoms with E-state index in [-0.39, 0.29) is 5.60 Å². The second-order valence-corrected chi connectivity index (χ2v) is 6.58. The van der Waals surface area contributed by atoms with Crippen LogP contribution in [0.4, 0.5) is 0 Å². The Hall–Kier alpha value is -0.0800. The highest BCUT2D eigenvalue weighted by molar-refractivity contribution is 5.02. The van der Waals surface area contributed by atoms with Crippen molar-refractivity contribution < 1.29 is 4.74 Å². The minimum Gasteiger partial charge on any atom is -0.374 e. The molecule has 2 aliphatic rings. The Morgan fingerprint density at radius 1 is 1.24 bits per heavy atom. The highest BCUT2D eigenvalue weighted by Gasteiger charge is 2.50. The molecule has 2 heteroatoms. The van der Waals surface area contributed by atoms with E-state index in [1.54, 1.807) is 0 Å². The van der Waals surface area contributed by atoms with Gasteiger partial charge in [-0.1, -0.05) is 33.6 Å². The van der Waals surface area contributed by atoms with Crippen molar-refractivity contribution in [3.05, 3.63) is 0 Å². The van der Waals surface area contributed by atoms with E-state index < -0.39 is 0 Å². The Kier molecular flexibility index (Phi) is 4.14. The molecular weight excluding hydrogens is 210 g/mol. The van der Waals surface area contributed by atoms with Gasteiger partial charge in [-0.05, 0) is 44.1 Å². The molecule has 0 aromatic rings. The molecule has 1 saturated carbocycles. The van der Waals surface area contributed by atoms with Crippen molar-refractivity contribution in [2.75, 3.05) is 13.2 Å². The minimum atomic E-state index is 0.162. The molecule has 0 amide bonds. The van der Waals surface area contributed by atoms with Gasteiger partial charge in [-0.25, -0.2) is 0 Å². The van der Waals surface area contributed by atoms with Gasteiger partial charge in [-0.3, -0.25) is 0 Å². The minimum absolute atomic E-state index is 0.162. The molecule has 0 aromatic carbocycles. The summed E-state index contributed by atoms with van der Waals surface area (Å²) in [6.07, 6.45) is 8.97. The fourth-order valence-corrected chi connectivity index (χ4v) is 3.67. The Morgan fingerprint density at radius 3 is 2.71 bits per heavy atom. The lowest BCUT2D eigenvalue weighted by molar-refractivity contribution is -0.176. The van der Waals surface area contributed by atoms with Gasteiger partial charge in [0.2, 0.25) is 0 Å². The van der Waals surface area contributed by atoms with Crippen LogP contribution in [0.5, 0.6) is 0 Å². The van der Waals surface area contributed by atoms with Crippen LogP contribution in [0.3, 0.4) is 0 Å². The van der Waals surface area contributed by atoms with Gasteiger partial charge in [0.1, 0.15) is 0 Å². The molecule has 0 bridgehead atoms. The van der Waals surface area contributed by atoms with Crippen LogP contribution in [-0.4, -0.2) is 24.8 Å². The number of hydrogen-bond acceptors (Lipinski definition) is 2. The highest BCUT2D eigenvalue weighted by atomic mass is 16.5. The molecule has 2 rings (SSSR count). The first-order valence-corrected chi connectivity index (χ1v) is 7.47. The van der Waals surface area contributed by atoms with Crippen LogP contribution in [0.1, 0.15) is 65.7 Å². The maximum absolute atomic E-state index is 6.29. The lowest BCUT2D eigenvalue weighted by Gasteiger charge is -2.53. The van der Waals surface area contributed by atoms with E-state index in [1.165, 1.54) is 44.9 Å². The van der Waals surface area contributed by atoms with Gasteiger partial charge in [-0.15, -0.1) is 0 Å². The van der Waals surface area contributed by atoms with Crippen molar-refractivity contribution >= 4 is 0 Å². The molecule has 0 radical (unpaired) electrons. The average molecular weight is 239 g/mol. The standard InChI is InChI=1S/C15H29NO/c1-4-10-16-13-7-11-17-15(12-13)9-6-5-8-14(15,2)3/h13,16H,4-12H2,1-3H3. The third kappa shape index (κ3) is 2.68. The lowest BCUT2D eigenvalue weighted by Crippen LogP contribution is -2.56. The maximum Gasteiger partial charge on any atom is 0.0748 e. The van der Waals surface area contributed by atoms with Crippen LogP contribution in [0.25, 0.3) is 0 Å². The first-order chi connectivity index (χ1) is 8.10. The highest BCUT2D eigenvalue weighted by Crippen LogP contribution is 2.50. The SMILES string of the molecule is CCCNC1CCOC2(CCCCC2(C)C)C1. The van der Waals surface area contributed by atoms with Gasteiger partial charge in [0.15, 0.2) is 0 Å². The zero-order chi connectivity index (χ0) is 12.4. The molecule has 1 aliphatic carbocycles. The van der Waals surface area contributed by atoms with E-state index >= 15 is 0 Å². The van der Waals surface area contributed by atoms with E-state index in [4.69, 9.17) is 4.74 Å². The fraction of sp³-hybridized carbons (Fsp3) is 1.00. The van der Waals surface area contributed by atoms with Gasteiger partial charge in [-0.2, -0.15) is 0 Å². The van der Waals surface area contributed by atoms with Crippen molar-refractivity contribution in [1.29, 1.82) is 0 Å². The number of hydrogen-bond donors (Lipinski definition) is 1. The van der Waals surface area contributed by atoms with Crippen molar-refractivity contribution in [2.24, 2.45) is 5.41 Å². The zero-order valence-corrected chi connectivity index (χ0v) is 11.8.